The van der Waals surface area contributed by atoms with Gasteiger partial charge in [0, 0.05) is 30.9 Å². The van der Waals surface area contributed by atoms with E-state index < -0.39 is 0 Å². The molecule has 1 fully saturated rings. The Morgan fingerprint density at radius 1 is 1.11 bits per heavy atom. The lowest BCUT2D eigenvalue weighted by Gasteiger charge is -2.21. The van der Waals surface area contributed by atoms with Crippen molar-refractivity contribution in [1.29, 1.82) is 0 Å². The minimum atomic E-state index is -0.123. The van der Waals surface area contributed by atoms with E-state index in [-0.39, 0.29) is 5.91 Å². The first-order valence-corrected chi connectivity index (χ1v) is 10.4. The molecule has 0 saturated carbocycles. The third-order valence-electron chi connectivity index (χ3n) is 5.12. The molecule has 144 valence electrons. The van der Waals surface area contributed by atoms with Crippen LogP contribution in [-0.4, -0.2) is 37.2 Å². The molecule has 0 unspecified atom stereocenters. The van der Waals surface area contributed by atoms with Crippen LogP contribution in [0.3, 0.4) is 0 Å². The smallest absolute Gasteiger partial charge is 0.259 e. The van der Waals surface area contributed by atoms with E-state index in [1.807, 2.05) is 25.1 Å². The Bertz CT molecular complexity index is 1010. The van der Waals surface area contributed by atoms with E-state index in [4.69, 9.17) is 9.47 Å². The lowest BCUT2D eigenvalue weighted by molar-refractivity contribution is 0.102. The van der Waals surface area contributed by atoms with Gasteiger partial charge in [0.25, 0.3) is 5.91 Å². The number of carbonyl (C=O) groups excluding carboxylic acids is 1. The minimum Gasteiger partial charge on any atom is -0.486 e. The van der Waals surface area contributed by atoms with Crippen LogP contribution < -0.4 is 19.7 Å². The molecule has 28 heavy (non-hydrogen) atoms. The summed E-state index contributed by atoms with van der Waals surface area (Å²) in [6, 6.07) is 9.87. The minimum absolute atomic E-state index is 0.123. The van der Waals surface area contributed by atoms with Crippen LogP contribution in [0.1, 0.15) is 28.8 Å². The molecule has 1 aromatic heterocycles. The molecule has 7 heteroatoms. The number of benzene rings is 2. The topological polar surface area (TPSA) is 63.7 Å². The van der Waals surface area contributed by atoms with Crippen molar-refractivity contribution in [2.45, 2.75) is 19.8 Å². The highest BCUT2D eigenvalue weighted by Gasteiger charge is 2.21. The predicted octanol–water partition coefficient (Wildman–Crippen LogP) is 4.23. The number of ether oxygens (including phenoxy) is 2. The Morgan fingerprint density at radius 2 is 1.86 bits per heavy atom. The quantitative estimate of drug-likeness (QED) is 0.719. The third-order valence-corrected chi connectivity index (χ3v) is 6.05. The highest BCUT2D eigenvalue weighted by molar-refractivity contribution is 7.22. The number of fused-ring (bicyclic) bond motifs is 2. The van der Waals surface area contributed by atoms with Gasteiger partial charge in [-0.1, -0.05) is 23.0 Å². The largest absolute Gasteiger partial charge is 0.486 e. The summed E-state index contributed by atoms with van der Waals surface area (Å²) < 4.78 is 12.2. The molecule has 0 atom stereocenters. The first kappa shape index (κ1) is 17.3. The molecule has 0 aliphatic carbocycles. The second-order valence-electron chi connectivity index (χ2n) is 7.15. The summed E-state index contributed by atoms with van der Waals surface area (Å²) in [5.41, 5.74) is 3.57. The molecule has 2 aromatic carbocycles. The van der Waals surface area contributed by atoms with Crippen molar-refractivity contribution in [1.82, 2.24) is 4.98 Å². The van der Waals surface area contributed by atoms with Crippen LogP contribution in [0.25, 0.3) is 10.2 Å². The molecular formula is C21H21N3O3S. The molecular weight excluding hydrogens is 374 g/mol. The number of aromatic nitrogens is 1. The van der Waals surface area contributed by atoms with Gasteiger partial charge < -0.3 is 14.4 Å². The van der Waals surface area contributed by atoms with E-state index in [0.29, 0.717) is 29.7 Å². The molecule has 0 bridgehead atoms. The van der Waals surface area contributed by atoms with Crippen molar-refractivity contribution in [2.75, 3.05) is 36.5 Å². The lowest BCUT2D eigenvalue weighted by Crippen LogP contribution is -2.23. The van der Waals surface area contributed by atoms with Crippen LogP contribution in [0.4, 0.5) is 10.8 Å². The van der Waals surface area contributed by atoms with E-state index in [0.717, 1.165) is 40.3 Å². The zero-order chi connectivity index (χ0) is 19.1. The normalized spacial score (nSPS) is 15.8. The number of nitrogens with zero attached hydrogens (tertiary/aromatic N) is 2. The number of anilines is 2. The van der Waals surface area contributed by atoms with Gasteiger partial charge in [-0.25, -0.2) is 4.98 Å². The van der Waals surface area contributed by atoms with Crippen molar-refractivity contribution < 1.29 is 14.3 Å². The molecule has 0 spiro atoms. The van der Waals surface area contributed by atoms with Crippen molar-refractivity contribution >= 4 is 38.3 Å². The van der Waals surface area contributed by atoms with E-state index in [9.17, 15) is 4.79 Å². The SMILES string of the molecule is Cc1ccc(N2CCCC2)c(C(=O)Nc2nc3cc4c(cc3s2)OCCO4)c1. The van der Waals surface area contributed by atoms with Gasteiger partial charge in [0.05, 0.1) is 15.8 Å². The summed E-state index contributed by atoms with van der Waals surface area (Å²) >= 11 is 1.44. The number of amides is 1. The standard InChI is InChI=1S/C21H21N3O3S/c1-13-4-5-16(24-6-2-3-7-24)14(10-13)20(25)23-21-22-15-11-17-18(12-19(15)28-21)27-9-8-26-17/h4-5,10-12H,2-3,6-9H2,1H3,(H,22,23,25). The first-order chi connectivity index (χ1) is 13.7. The number of aryl methyl sites for hydroxylation is 1. The van der Waals surface area contributed by atoms with Gasteiger partial charge >= 0.3 is 0 Å². The summed E-state index contributed by atoms with van der Waals surface area (Å²) in [7, 11) is 0. The Hall–Kier alpha value is -2.80. The number of nitrogens with one attached hydrogen (secondary N) is 1. The van der Waals surface area contributed by atoms with Crippen LogP contribution in [0.15, 0.2) is 30.3 Å². The van der Waals surface area contributed by atoms with Gasteiger partial charge in [0.15, 0.2) is 16.6 Å². The summed E-state index contributed by atoms with van der Waals surface area (Å²) in [4.78, 5) is 19.9. The molecule has 1 saturated heterocycles. The third kappa shape index (κ3) is 3.16. The fourth-order valence-corrected chi connectivity index (χ4v) is 4.62. The summed E-state index contributed by atoms with van der Waals surface area (Å²) in [5, 5.41) is 3.57. The second-order valence-corrected chi connectivity index (χ2v) is 8.18. The highest BCUT2D eigenvalue weighted by atomic mass is 32.1. The average molecular weight is 395 g/mol. The highest BCUT2D eigenvalue weighted by Crippen LogP contribution is 2.38. The van der Waals surface area contributed by atoms with Crippen LogP contribution in [0.5, 0.6) is 11.5 Å². The molecule has 0 radical (unpaired) electrons. The molecule has 1 N–H and O–H groups in total. The maximum atomic E-state index is 13.1. The van der Waals surface area contributed by atoms with Crippen molar-refractivity contribution in [3.63, 3.8) is 0 Å². The van der Waals surface area contributed by atoms with Crippen LogP contribution in [0, 0.1) is 6.92 Å². The van der Waals surface area contributed by atoms with Gasteiger partial charge in [-0.2, -0.15) is 0 Å². The second kappa shape index (κ2) is 6.98. The number of rotatable bonds is 3. The van der Waals surface area contributed by atoms with Gasteiger partial charge in [-0.15, -0.1) is 0 Å². The maximum absolute atomic E-state index is 13.1. The Kier molecular flexibility index (Phi) is 4.31. The Balaban J connectivity index is 1.44. The fourth-order valence-electron chi connectivity index (χ4n) is 3.75. The molecule has 3 aromatic rings. The monoisotopic (exact) mass is 395 g/mol. The van der Waals surface area contributed by atoms with Crippen LogP contribution in [0.2, 0.25) is 0 Å². The Morgan fingerprint density at radius 3 is 2.64 bits per heavy atom. The number of hydrogen-bond donors (Lipinski definition) is 1. The molecule has 2 aliphatic heterocycles. The number of thiazole rings is 1. The van der Waals surface area contributed by atoms with Gasteiger partial charge in [0.1, 0.15) is 13.2 Å². The van der Waals surface area contributed by atoms with Crippen molar-refractivity contribution in [3.05, 3.63) is 41.5 Å². The number of hydrogen-bond acceptors (Lipinski definition) is 6. The van der Waals surface area contributed by atoms with Crippen LogP contribution in [-0.2, 0) is 0 Å². The van der Waals surface area contributed by atoms with Gasteiger partial charge in [0.2, 0.25) is 0 Å². The fraction of sp³-hybridized carbons (Fsp3) is 0.333. The Labute approximate surface area is 167 Å². The average Bonchev–Trinajstić information content (AvgIpc) is 3.35. The summed E-state index contributed by atoms with van der Waals surface area (Å²) in [6.45, 7) is 5.09. The zero-order valence-electron chi connectivity index (χ0n) is 15.7. The first-order valence-electron chi connectivity index (χ1n) is 9.54. The number of carbonyl (C=O) groups is 1. The molecule has 5 rings (SSSR count). The molecule has 2 aliphatic rings. The van der Waals surface area contributed by atoms with E-state index in [1.165, 1.54) is 24.2 Å². The van der Waals surface area contributed by atoms with Crippen molar-refractivity contribution in [3.8, 4) is 11.5 Å². The van der Waals surface area contributed by atoms with Crippen LogP contribution >= 0.6 is 11.3 Å². The lowest BCUT2D eigenvalue weighted by atomic mass is 10.1. The summed E-state index contributed by atoms with van der Waals surface area (Å²) in [6.07, 6.45) is 2.34. The van der Waals surface area contributed by atoms with Gasteiger partial charge in [-0.05, 0) is 31.9 Å². The van der Waals surface area contributed by atoms with E-state index in [1.54, 1.807) is 0 Å². The summed E-state index contributed by atoms with van der Waals surface area (Å²) in [5.74, 6) is 1.31. The maximum Gasteiger partial charge on any atom is 0.259 e. The zero-order valence-corrected chi connectivity index (χ0v) is 16.5. The molecule has 6 nitrogen and oxygen atoms in total. The van der Waals surface area contributed by atoms with E-state index in [2.05, 4.69) is 27.3 Å². The predicted molar refractivity (Wildman–Crippen MR) is 111 cm³/mol. The van der Waals surface area contributed by atoms with Gasteiger partial charge in [-0.3, -0.25) is 10.1 Å². The molecule has 1 amide bonds. The van der Waals surface area contributed by atoms with Crippen molar-refractivity contribution in [2.24, 2.45) is 0 Å². The molecule has 3 heterocycles. The van der Waals surface area contributed by atoms with E-state index >= 15 is 0 Å².